The number of aliphatic hydroxyl groups is 1. The van der Waals surface area contributed by atoms with Gasteiger partial charge in [0.1, 0.15) is 6.23 Å². The van der Waals surface area contributed by atoms with Crippen LogP contribution in [0.3, 0.4) is 0 Å². The SMILES string of the molecule is CC(C)[C@H]1OCCN1CCO. The second-order valence-corrected chi connectivity index (χ2v) is 3.26. The van der Waals surface area contributed by atoms with E-state index < -0.39 is 0 Å². The van der Waals surface area contributed by atoms with Crippen molar-refractivity contribution in [1.82, 2.24) is 4.90 Å². The first-order valence-corrected chi connectivity index (χ1v) is 4.22. The Morgan fingerprint density at radius 2 is 2.36 bits per heavy atom. The average molecular weight is 159 g/mol. The number of aliphatic hydroxyl groups excluding tert-OH is 1. The molecule has 0 aliphatic carbocycles. The minimum atomic E-state index is 0.224. The summed E-state index contributed by atoms with van der Waals surface area (Å²) in [6, 6.07) is 0. The second-order valence-electron chi connectivity index (χ2n) is 3.26. The normalized spacial score (nSPS) is 26.7. The molecular formula is C8H17NO2. The molecule has 66 valence electrons. The Hall–Kier alpha value is -0.120. The molecule has 0 saturated carbocycles. The first kappa shape index (κ1) is 8.97. The van der Waals surface area contributed by atoms with E-state index in [1.54, 1.807) is 0 Å². The molecule has 0 amide bonds. The Balaban J connectivity index is 2.37. The summed E-state index contributed by atoms with van der Waals surface area (Å²) in [4.78, 5) is 2.19. The molecule has 3 heteroatoms. The smallest absolute Gasteiger partial charge is 0.113 e. The van der Waals surface area contributed by atoms with Crippen LogP contribution in [0.2, 0.25) is 0 Å². The molecule has 1 aliphatic rings. The molecule has 1 atom stereocenters. The van der Waals surface area contributed by atoms with Gasteiger partial charge in [-0.1, -0.05) is 13.8 Å². The van der Waals surface area contributed by atoms with Gasteiger partial charge in [0.2, 0.25) is 0 Å². The van der Waals surface area contributed by atoms with Gasteiger partial charge in [-0.15, -0.1) is 0 Å². The molecule has 0 spiro atoms. The minimum absolute atomic E-state index is 0.224. The Morgan fingerprint density at radius 3 is 2.91 bits per heavy atom. The van der Waals surface area contributed by atoms with Crippen molar-refractivity contribution in [2.45, 2.75) is 20.1 Å². The van der Waals surface area contributed by atoms with E-state index in [1.165, 1.54) is 0 Å². The number of nitrogens with zero attached hydrogens (tertiary/aromatic N) is 1. The topological polar surface area (TPSA) is 32.7 Å². The molecule has 3 nitrogen and oxygen atoms in total. The molecule has 0 aromatic heterocycles. The van der Waals surface area contributed by atoms with Crippen molar-refractivity contribution in [3.05, 3.63) is 0 Å². The van der Waals surface area contributed by atoms with Gasteiger partial charge in [-0.25, -0.2) is 0 Å². The molecule has 0 aromatic carbocycles. The molecule has 1 aliphatic heterocycles. The summed E-state index contributed by atoms with van der Waals surface area (Å²) in [7, 11) is 0. The molecule has 0 bridgehead atoms. The monoisotopic (exact) mass is 159 g/mol. The Labute approximate surface area is 68.0 Å². The van der Waals surface area contributed by atoms with E-state index in [4.69, 9.17) is 9.84 Å². The lowest BCUT2D eigenvalue weighted by atomic mass is 10.2. The third kappa shape index (κ3) is 2.15. The fourth-order valence-corrected chi connectivity index (χ4v) is 1.50. The number of ether oxygens (including phenoxy) is 1. The van der Waals surface area contributed by atoms with Gasteiger partial charge in [-0.05, 0) is 5.92 Å². The Kier molecular flexibility index (Phi) is 3.30. The standard InChI is InChI=1S/C8H17NO2/c1-7(2)8-9(3-5-10)4-6-11-8/h7-8,10H,3-6H2,1-2H3/t8-/m1/s1. The maximum absolute atomic E-state index is 8.73. The van der Waals surface area contributed by atoms with Gasteiger partial charge >= 0.3 is 0 Å². The highest BCUT2D eigenvalue weighted by Gasteiger charge is 2.26. The second kappa shape index (κ2) is 4.04. The lowest BCUT2D eigenvalue weighted by Crippen LogP contribution is -2.36. The Morgan fingerprint density at radius 1 is 1.64 bits per heavy atom. The highest BCUT2D eigenvalue weighted by molar-refractivity contribution is 4.71. The van der Waals surface area contributed by atoms with Crippen LogP contribution in [0, 0.1) is 5.92 Å². The van der Waals surface area contributed by atoms with Crippen molar-refractivity contribution in [3.63, 3.8) is 0 Å². The van der Waals surface area contributed by atoms with Gasteiger partial charge in [0.25, 0.3) is 0 Å². The van der Waals surface area contributed by atoms with E-state index in [-0.39, 0.29) is 12.8 Å². The predicted octanol–water partition coefficient (Wildman–Crippen LogP) is 0.293. The molecule has 1 rings (SSSR count). The summed E-state index contributed by atoms with van der Waals surface area (Å²) < 4.78 is 5.49. The fourth-order valence-electron chi connectivity index (χ4n) is 1.50. The average Bonchev–Trinajstić information content (AvgIpc) is 2.36. The third-order valence-corrected chi connectivity index (χ3v) is 1.98. The molecule has 1 fully saturated rings. The minimum Gasteiger partial charge on any atom is -0.395 e. The molecule has 0 radical (unpaired) electrons. The van der Waals surface area contributed by atoms with Crippen molar-refractivity contribution in [2.75, 3.05) is 26.3 Å². The van der Waals surface area contributed by atoms with Crippen molar-refractivity contribution in [1.29, 1.82) is 0 Å². The summed E-state index contributed by atoms with van der Waals surface area (Å²) in [5, 5.41) is 8.73. The van der Waals surface area contributed by atoms with Crippen LogP contribution in [0.4, 0.5) is 0 Å². The lowest BCUT2D eigenvalue weighted by Gasteiger charge is -2.24. The number of rotatable bonds is 3. The Bertz CT molecular complexity index is 117. The largest absolute Gasteiger partial charge is 0.395 e. The van der Waals surface area contributed by atoms with Crippen LogP contribution >= 0.6 is 0 Å². The van der Waals surface area contributed by atoms with Crippen molar-refractivity contribution >= 4 is 0 Å². The predicted molar refractivity (Wildman–Crippen MR) is 43.2 cm³/mol. The quantitative estimate of drug-likeness (QED) is 0.642. The summed E-state index contributed by atoms with van der Waals surface area (Å²) in [6.07, 6.45) is 0.224. The first-order chi connectivity index (χ1) is 5.25. The van der Waals surface area contributed by atoms with Crippen molar-refractivity contribution in [2.24, 2.45) is 5.92 Å². The third-order valence-electron chi connectivity index (χ3n) is 1.98. The molecule has 1 saturated heterocycles. The zero-order valence-electron chi connectivity index (χ0n) is 7.29. The maximum Gasteiger partial charge on any atom is 0.113 e. The summed E-state index contributed by atoms with van der Waals surface area (Å²) in [6.45, 7) is 7.02. The van der Waals surface area contributed by atoms with Gasteiger partial charge in [0.05, 0.1) is 13.2 Å². The van der Waals surface area contributed by atoms with Gasteiger partial charge in [0.15, 0.2) is 0 Å². The molecule has 1 N–H and O–H groups in total. The maximum atomic E-state index is 8.73. The highest BCUT2D eigenvalue weighted by atomic mass is 16.5. The number of hydrogen-bond donors (Lipinski definition) is 1. The van der Waals surface area contributed by atoms with Crippen molar-refractivity contribution < 1.29 is 9.84 Å². The van der Waals surface area contributed by atoms with Gasteiger partial charge in [-0.3, -0.25) is 4.90 Å². The van der Waals surface area contributed by atoms with Gasteiger partial charge in [0, 0.05) is 13.1 Å². The number of β-amino-alcohol motifs (C(OH)–C–C–N with tert-alkyl or cyclic N) is 1. The zero-order valence-corrected chi connectivity index (χ0v) is 7.29. The van der Waals surface area contributed by atoms with Gasteiger partial charge < -0.3 is 9.84 Å². The van der Waals surface area contributed by atoms with Gasteiger partial charge in [-0.2, -0.15) is 0 Å². The van der Waals surface area contributed by atoms with Crippen LogP contribution in [0.15, 0.2) is 0 Å². The van der Waals surface area contributed by atoms with E-state index >= 15 is 0 Å². The molecule has 11 heavy (non-hydrogen) atoms. The zero-order chi connectivity index (χ0) is 8.27. The van der Waals surface area contributed by atoms with Crippen LogP contribution in [0.25, 0.3) is 0 Å². The lowest BCUT2D eigenvalue weighted by molar-refractivity contribution is -0.00721. The summed E-state index contributed by atoms with van der Waals surface area (Å²) in [5.74, 6) is 0.518. The van der Waals surface area contributed by atoms with Crippen LogP contribution < -0.4 is 0 Å². The fraction of sp³-hybridized carbons (Fsp3) is 1.00. The van der Waals surface area contributed by atoms with Crippen molar-refractivity contribution in [3.8, 4) is 0 Å². The van der Waals surface area contributed by atoms with E-state index in [1.807, 2.05) is 0 Å². The van der Waals surface area contributed by atoms with Crippen LogP contribution in [-0.4, -0.2) is 42.5 Å². The highest BCUT2D eigenvalue weighted by Crippen LogP contribution is 2.16. The molecule has 0 aromatic rings. The molecule has 1 heterocycles. The van der Waals surface area contributed by atoms with E-state index in [0.717, 1.165) is 19.7 Å². The summed E-state index contributed by atoms with van der Waals surface area (Å²) in [5.41, 5.74) is 0. The summed E-state index contributed by atoms with van der Waals surface area (Å²) >= 11 is 0. The van der Waals surface area contributed by atoms with Crippen LogP contribution in [-0.2, 0) is 4.74 Å². The molecular weight excluding hydrogens is 142 g/mol. The molecule has 0 unspecified atom stereocenters. The van der Waals surface area contributed by atoms with Crippen LogP contribution in [0.1, 0.15) is 13.8 Å². The van der Waals surface area contributed by atoms with E-state index in [2.05, 4.69) is 18.7 Å². The van der Waals surface area contributed by atoms with E-state index in [0.29, 0.717) is 5.92 Å². The first-order valence-electron chi connectivity index (χ1n) is 4.22. The van der Waals surface area contributed by atoms with E-state index in [9.17, 15) is 0 Å². The number of hydrogen-bond acceptors (Lipinski definition) is 3. The van der Waals surface area contributed by atoms with Crippen LogP contribution in [0.5, 0.6) is 0 Å².